The summed E-state index contributed by atoms with van der Waals surface area (Å²) in [6, 6.07) is 7.75. The van der Waals surface area contributed by atoms with Gasteiger partial charge in [-0.05, 0) is 50.8 Å². The summed E-state index contributed by atoms with van der Waals surface area (Å²) >= 11 is 0. The number of nitrogens with one attached hydrogen (secondary N) is 1. The third-order valence-electron chi connectivity index (χ3n) is 6.07. The summed E-state index contributed by atoms with van der Waals surface area (Å²) in [5.41, 5.74) is 4.08. The van der Waals surface area contributed by atoms with Crippen molar-refractivity contribution in [1.82, 2.24) is 5.32 Å². The van der Waals surface area contributed by atoms with Crippen LogP contribution < -0.4 is 10.2 Å². The molecule has 1 aliphatic heterocycles. The van der Waals surface area contributed by atoms with Crippen molar-refractivity contribution in [2.45, 2.75) is 40.0 Å². The summed E-state index contributed by atoms with van der Waals surface area (Å²) in [7, 11) is 3.90. The van der Waals surface area contributed by atoms with E-state index in [9.17, 15) is 14.4 Å². The fourth-order valence-electron chi connectivity index (χ4n) is 4.56. The second-order valence-corrected chi connectivity index (χ2v) is 8.47. The molecule has 0 saturated carbocycles. The Bertz CT molecular complexity index is 975. The number of benzene rings is 1. The van der Waals surface area contributed by atoms with Gasteiger partial charge in [0, 0.05) is 42.7 Å². The van der Waals surface area contributed by atoms with Crippen molar-refractivity contribution in [2.75, 3.05) is 32.2 Å². The van der Waals surface area contributed by atoms with Crippen molar-refractivity contribution in [3.63, 3.8) is 0 Å². The van der Waals surface area contributed by atoms with Crippen molar-refractivity contribution in [1.29, 1.82) is 0 Å². The molecule has 7 nitrogen and oxygen atoms in total. The number of carbonyl (C=O) groups excluding carboxylic acids is 3. The Balaban J connectivity index is 2.15. The van der Waals surface area contributed by atoms with E-state index in [0.717, 1.165) is 16.9 Å². The summed E-state index contributed by atoms with van der Waals surface area (Å²) in [4.78, 5) is 41.3. The first kappa shape index (κ1) is 23.6. The Morgan fingerprint density at radius 3 is 2.28 bits per heavy atom. The monoisotopic (exact) mass is 440 g/mol. The van der Waals surface area contributed by atoms with Gasteiger partial charge in [0.25, 0.3) is 0 Å². The molecule has 0 radical (unpaired) electrons. The number of hydrogen-bond acceptors (Lipinski definition) is 7. The van der Waals surface area contributed by atoms with Gasteiger partial charge in [0.15, 0.2) is 5.78 Å². The van der Waals surface area contributed by atoms with Gasteiger partial charge in [-0.3, -0.25) is 9.59 Å². The van der Waals surface area contributed by atoms with Crippen molar-refractivity contribution in [3.8, 4) is 0 Å². The molecule has 0 bridgehead atoms. The fraction of sp³-hybridized carbons (Fsp3) is 0.480. The van der Waals surface area contributed by atoms with Crippen LogP contribution in [0.15, 0.2) is 46.8 Å². The molecule has 0 amide bonds. The van der Waals surface area contributed by atoms with E-state index >= 15 is 0 Å². The minimum atomic E-state index is -0.888. The number of anilines is 1. The molecule has 1 aliphatic carbocycles. The predicted octanol–water partition coefficient (Wildman–Crippen LogP) is 3.32. The van der Waals surface area contributed by atoms with E-state index in [4.69, 9.17) is 9.47 Å². The van der Waals surface area contributed by atoms with Crippen LogP contribution in [0.2, 0.25) is 0 Å². The number of nitrogens with zero attached hydrogens (tertiary/aromatic N) is 1. The summed E-state index contributed by atoms with van der Waals surface area (Å²) in [6.45, 7) is 7.62. The summed E-state index contributed by atoms with van der Waals surface area (Å²) in [5, 5.41) is 3.27. The molecule has 2 aliphatic rings. The molecule has 1 aromatic carbocycles. The Kier molecular flexibility index (Phi) is 7.06. The van der Waals surface area contributed by atoms with E-state index in [1.165, 1.54) is 0 Å². The van der Waals surface area contributed by atoms with Gasteiger partial charge in [0.05, 0.1) is 18.8 Å². The van der Waals surface area contributed by atoms with Crippen LogP contribution in [-0.2, 0) is 23.9 Å². The molecule has 0 saturated heterocycles. The van der Waals surface area contributed by atoms with Gasteiger partial charge in [-0.2, -0.15) is 0 Å². The number of dihydropyridines is 1. The fourth-order valence-corrected chi connectivity index (χ4v) is 4.56. The molecule has 0 aromatic heterocycles. The largest absolute Gasteiger partial charge is 0.465 e. The molecule has 1 aromatic rings. The van der Waals surface area contributed by atoms with Crippen molar-refractivity contribution in [2.24, 2.45) is 11.8 Å². The molecule has 0 spiro atoms. The van der Waals surface area contributed by atoms with Gasteiger partial charge in [-0.1, -0.05) is 19.1 Å². The van der Waals surface area contributed by atoms with Crippen molar-refractivity contribution < 1.29 is 23.9 Å². The van der Waals surface area contributed by atoms with Gasteiger partial charge >= 0.3 is 11.9 Å². The molecule has 0 unspecified atom stereocenters. The number of rotatable bonds is 6. The van der Waals surface area contributed by atoms with Crippen LogP contribution in [0.25, 0.3) is 0 Å². The van der Waals surface area contributed by atoms with Crippen LogP contribution in [0, 0.1) is 11.8 Å². The van der Waals surface area contributed by atoms with E-state index in [0.29, 0.717) is 23.3 Å². The average molecular weight is 441 g/mol. The first-order valence-electron chi connectivity index (χ1n) is 11.1. The van der Waals surface area contributed by atoms with Crippen LogP contribution >= 0.6 is 0 Å². The normalized spacial score (nSPS) is 22.8. The van der Waals surface area contributed by atoms with Gasteiger partial charge < -0.3 is 19.7 Å². The zero-order valence-corrected chi connectivity index (χ0v) is 19.7. The van der Waals surface area contributed by atoms with E-state index in [-0.39, 0.29) is 24.9 Å². The van der Waals surface area contributed by atoms with Crippen molar-refractivity contribution in [3.05, 3.63) is 52.4 Å². The van der Waals surface area contributed by atoms with Crippen molar-refractivity contribution >= 4 is 23.4 Å². The van der Waals surface area contributed by atoms with E-state index in [1.807, 2.05) is 57.1 Å². The quantitative estimate of drug-likeness (QED) is 0.537. The number of Topliss-reactive ketones (excluding diaryl/α,β-unsaturated/α-hetero) is 1. The molecular weight excluding hydrogens is 408 g/mol. The SMILES string of the molecule is CCOC(=O)C1=C(C)NC2=C(C(=O)[C@@H](C(=O)OCC)[C@@H](C)C2)[C@@H]1c1ccc(N(C)C)cc1. The Morgan fingerprint density at radius 1 is 1.09 bits per heavy atom. The van der Waals surface area contributed by atoms with Crippen LogP contribution in [0.4, 0.5) is 5.69 Å². The molecule has 0 fully saturated rings. The van der Waals surface area contributed by atoms with Crippen LogP contribution in [0.3, 0.4) is 0 Å². The topological polar surface area (TPSA) is 84.9 Å². The molecule has 32 heavy (non-hydrogen) atoms. The summed E-state index contributed by atoms with van der Waals surface area (Å²) < 4.78 is 10.6. The lowest BCUT2D eigenvalue weighted by Crippen LogP contribution is -2.43. The maximum atomic E-state index is 13.7. The molecule has 172 valence electrons. The van der Waals surface area contributed by atoms with Gasteiger partial charge in [0.2, 0.25) is 0 Å². The maximum Gasteiger partial charge on any atom is 0.336 e. The number of carbonyl (C=O) groups is 3. The number of esters is 2. The lowest BCUT2D eigenvalue weighted by molar-refractivity contribution is -0.153. The predicted molar refractivity (Wildman–Crippen MR) is 122 cm³/mol. The van der Waals surface area contributed by atoms with E-state index < -0.39 is 23.8 Å². The second kappa shape index (κ2) is 9.59. The highest BCUT2D eigenvalue weighted by Crippen LogP contribution is 2.45. The molecular formula is C25H32N2O5. The first-order valence-corrected chi connectivity index (χ1v) is 11.1. The maximum absolute atomic E-state index is 13.7. The number of ether oxygens (including phenoxy) is 2. The third-order valence-corrected chi connectivity index (χ3v) is 6.07. The zero-order chi connectivity index (χ0) is 23.6. The number of allylic oxidation sites excluding steroid dienone is 3. The highest BCUT2D eigenvalue weighted by Gasteiger charge is 2.47. The first-order chi connectivity index (χ1) is 15.2. The van der Waals surface area contributed by atoms with Crippen LogP contribution in [0.1, 0.15) is 45.6 Å². The molecule has 3 rings (SSSR count). The highest BCUT2D eigenvalue weighted by atomic mass is 16.5. The summed E-state index contributed by atoms with van der Waals surface area (Å²) in [6.07, 6.45) is 0.518. The second-order valence-electron chi connectivity index (χ2n) is 8.47. The van der Waals surface area contributed by atoms with Gasteiger partial charge in [0.1, 0.15) is 5.92 Å². The lowest BCUT2D eigenvalue weighted by atomic mass is 9.69. The Labute approximate surface area is 189 Å². The van der Waals surface area contributed by atoms with Gasteiger partial charge in [-0.25, -0.2) is 4.79 Å². The third kappa shape index (κ3) is 4.29. The lowest BCUT2D eigenvalue weighted by Gasteiger charge is -2.38. The zero-order valence-electron chi connectivity index (χ0n) is 19.7. The molecule has 1 N–H and O–H groups in total. The Morgan fingerprint density at radius 2 is 1.72 bits per heavy atom. The number of hydrogen-bond donors (Lipinski definition) is 1. The average Bonchev–Trinajstić information content (AvgIpc) is 2.73. The number of ketones is 1. The molecule has 7 heteroatoms. The van der Waals surface area contributed by atoms with Crippen LogP contribution in [-0.4, -0.2) is 45.0 Å². The van der Waals surface area contributed by atoms with E-state index in [2.05, 4.69) is 5.32 Å². The smallest absolute Gasteiger partial charge is 0.336 e. The highest BCUT2D eigenvalue weighted by molar-refractivity contribution is 6.12. The van der Waals surface area contributed by atoms with E-state index in [1.54, 1.807) is 13.8 Å². The van der Waals surface area contributed by atoms with Gasteiger partial charge in [-0.15, -0.1) is 0 Å². The molecule has 3 atom stereocenters. The Hall–Kier alpha value is -3.09. The summed E-state index contributed by atoms with van der Waals surface area (Å²) in [5.74, 6) is -2.98. The standard InChI is InChI=1S/C25H32N2O5/c1-7-31-24(29)19-14(3)13-18-22(23(19)28)21(16-9-11-17(12-10-16)27(5)6)20(15(4)26-18)25(30)32-8-2/h9-12,14,19,21,26H,7-8,13H2,1-6H3/t14-,19-,21+/m0/s1. The minimum absolute atomic E-state index is 0.207. The van der Waals surface area contributed by atoms with Crippen LogP contribution in [0.5, 0.6) is 0 Å². The molecule has 1 heterocycles. The minimum Gasteiger partial charge on any atom is -0.465 e.